The minimum atomic E-state index is -0.752. The van der Waals surface area contributed by atoms with Gasteiger partial charge in [0.05, 0.1) is 26.7 Å². The van der Waals surface area contributed by atoms with Crippen LogP contribution in [0.3, 0.4) is 0 Å². The van der Waals surface area contributed by atoms with Gasteiger partial charge in [0.2, 0.25) is 0 Å². The van der Waals surface area contributed by atoms with E-state index < -0.39 is 17.8 Å². The summed E-state index contributed by atoms with van der Waals surface area (Å²) in [5.41, 5.74) is 1.24. The van der Waals surface area contributed by atoms with Crippen LogP contribution < -0.4 is 0 Å². The predicted molar refractivity (Wildman–Crippen MR) is 92.5 cm³/mol. The number of thiazole rings is 1. The standard InChI is InChI=1S/C17H10N2O4S2/c1-9-18-12(8-24-9)13-6-7-14(25-13)17(22)23-19-15(20)10-4-2-3-5-11(10)16(19)21/h2-8H,1H3. The Labute approximate surface area is 150 Å². The number of hydrogen-bond donors (Lipinski definition) is 0. The van der Waals surface area contributed by atoms with Crippen LogP contribution in [0.1, 0.15) is 35.4 Å². The number of amides is 2. The molecule has 0 fully saturated rings. The van der Waals surface area contributed by atoms with E-state index in [0.717, 1.165) is 15.6 Å². The largest absolute Gasteiger partial charge is 0.373 e. The van der Waals surface area contributed by atoms with Crippen molar-refractivity contribution in [2.75, 3.05) is 0 Å². The second kappa shape index (κ2) is 5.91. The molecule has 6 nitrogen and oxygen atoms in total. The molecule has 2 aromatic heterocycles. The fraction of sp³-hybridized carbons (Fsp3) is 0.0588. The maximum Gasteiger partial charge on any atom is 0.373 e. The highest BCUT2D eigenvalue weighted by atomic mass is 32.1. The number of aryl methyl sites for hydroxylation is 1. The maximum absolute atomic E-state index is 12.3. The zero-order chi connectivity index (χ0) is 17.6. The summed E-state index contributed by atoms with van der Waals surface area (Å²) in [4.78, 5) is 47.3. The first-order chi connectivity index (χ1) is 12.0. The summed E-state index contributed by atoms with van der Waals surface area (Å²) in [5, 5.41) is 3.35. The van der Waals surface area contributed by atoms with Gasteiger partial charge in [-0.2, -0.15) is 0 Å². The van der Waals surface area contributed by atoms with E-state index in [-0.39, 0.29) is 16.0 Å². The molecule has 124 valence electrons. The van der Waals surface area contributed by atoms with E-state index in [1.54, 1.807) is 24.3 Å². The van der Waals surface area contributed by atoms with Gasteiger partial charge in [0.1, 0.15) is 4.88 Å². The highest BCUT2D eigenvalue weighted by molar-refractivity contribution is 7.17. The SMILES string of the molecule is Cc1nc(-c2ccc(C(=O)ON3C(=O)c4ccccc4C3=O)s2)cs1. The van der Waals surface area contributed by atoms with Gasteiger partial charge in [-0.05, 0) is 31.2 Å². The number of hydroxylamine groups is 2. The maximum atomic E-state index is 12.3. The van der Waals surface area contributed by atoms with E-state index in [4.69, 9.17) is 4.84 Å². The molecule has 3 heterocycles. The number of nitrogens with zero attached hydrogens (tertiary/aromatic N) is 2. The van der Waals surface area contributed by atoms with Gasteiger partial charge < -0.3 is 4.84 Å². The van der Waals surface area contributed by atoms with Gasteiger partial charge >= 0.3 is 5.97 Å². The Bertz CT molecular complexity index is 986. The van der Waals surface area contributed by atoms with Gasteiger partial charge in [0.25, 0.3) is 11.8 Å². The fourth-order valence-electron chi connectivity index (χ4n) is 2.44. The van der Waals surface area contributed by atoms with E-state index in [0.29, 0.717) is 5.06 Å². The summed E-state index contributed by atoms with van der Waals surface area (Å²) >= 11 is 2.72. The molecule has 3 aromatic rings. The van der Waals surface area contributed by atoms with E-state index in [1.165, 1.54) is 34.8 Å². The Morgan fingerprint density at radius 2 is 1.76 bits per heavy atom. The number of rotatable bonds is 3. The van der Waals surface area contributed by atoms with Crippen LogP contribution in [-0.2, 0) is 4.84 Å². The van der Waals surface area contributed by atoms with Gasteiger partial charge in [0.15, 0.2) is 0 Å². The minimum absolute atomic E-state index is 0.227. The molecule has 0 spiro atoms. The molecule has 4 rings (SSSR count). The number of carbonyl (C=O) groups excluding carboxylic acids is 3. The third-order valence-corrected chi connectivity index (χ3v) is 5.47. The zero-order valence-electron chi connectivity index (χ0n) is 12.9. The van der Waals surface area contributed by atoms with E-state index >= 15 is 0 Å². The Balaban J connectivity index is 1.55. The second-order valence-corrected chi connectivity index (χ2v) is 7.39. The van der Waals surface area contributed by atoms with Crippen LogP contribution in [-0.4, -0.2) is 27.8 Å². The van der Waals surface area contributed by atoms with Crippen molar-refractivity contribution >= 4 is 40.5 Å². The lowest BCUT2D eigenvalue weighted by atomic mass is 10.1. The summed E-state index contributed by atoms with van der Waals surface area (Å²) in [5.74, 6) is -2.03. The Morgan fingerprint density at radius 3 is 2.36 bits per heavy atom. The molecule has 0 radical (unpaired) electrons. The average Bonchev–Trinajstić information content (AvgIpc) is 3.31. The number of hydrogen-bond acceptors (Lipinski definition) is 7. The molecule has 1 aliphatic rings. The van der Waals surface area contributed by atoms with Crippen LogP contribution in [0.5, 0.6) is 0 Å². The molecule has 25 heavy (non-hydrogen) atoms. The molecule has 0 saturated heterocycles. The third kappa shape index (κ3) is 2.65. The molecular weight excluding hydrogens is 360 g/mol. The smallest absolute Gasteiger partial charge is 0.323 e. The lowest BCUT2D eigenvalue weighted by Gasteiger charge is -2.11. The molecule has 0 N–H and O–H groups in total. The molecule has 1 aromatic carbocycles. The van der Waals surface area contributed by atoms with E-state index in [1.807, 2.05) is 12.3 Å². The normalized spacial score (nSPS) is 13.2. The van der Waals surface area contributed by atoms with Crippen molar-refractivity contribution < 1.29 is 19.2 Å². The summed E-state index contributed by atoms with van der Waals surface area (Å²) in [6, 6.07) is 9.70. The monoisotopic (exact) mass is 370 g/mol. The fourth-order valence-corrected chi connectivity index (χ4v) is 3.97. The van der Waals surface area contributed by atoms with Crippen molar-refractivity contribution in [1.29, 1.82) is 0 Å². The summed E-state index contributed by atoms with van der Waals surface area (Å²) in [7, 11) is 0. The predicted octanol–water partition coefficient (Wildman–Crippen LogP) is 3.55. The Morgan fingerprint density at radius 1 is 1.08 bits per heavy atom. The highest BCUT2D eigenvalue weighted by Gasteiger charge is 2.39. The van der Waals surface area contributed by atoms with Crippen LogP contribution in [0, 0.1) is 6.92 Å². The van der Waals surface area contributed by atoms with Crippen LogP contribution in [0.2, 0.25) is 0 Å². The Kier molecular flexibility index (Phi) is 3.70. The van der Waals surface area contributed by atoms with Crippen LogP contribution in [0.4, 0.5) is 0 Å². The molecule has 0 unspecified atom stereocenters. The van der Waals surface area contributed by atoms with Crippen molar-refractivity contribution in [3.8, 4) is 10.6 Å². The molecule has 0 atom stereocenters. The number of thiophene rings is 1. The lowest BCUT2D eigenvalue weighted by molar-refractivity contribution is -0.0581. The molecule has 0 saturated carbocycles. The number of carbonyl (C=O) groups is 3. The topological polar surface area (TPSA) is 76.6 Å². The van der Waals surface area contributed by atoms with Crippen molar-refractivity contribution in [3.63, 3.8) is 0 Å². The second-order valence-electron chi connectivity index (χ2n) is 5.24. The average molecular weight is 370 g/mol. The minimum Gasteiger partial charge on any atom is -0.323 e. The lowest BCUT2D eigenvalue weighted by Crippen LogP contribution is -2.32. The summed E-state index contributed by atoms with van der Waals surface area (Å²) in [6.45, 7) is 1.90. The quantitative estimate of drug-likeness (QED) is 0.659. The highest BCUT2D eigenvalue weighted by Crippen LogP contribution is 2.30. The molecule has 0 bridgehead atoms. The van der Waals surface area contributed by atoms with Gasteiger partial charge in [0, 0.05) is 5.38 Å². The van der Waals surface area contributed by atoms with Gasteiger partial charge in [-0.1, -0.05) is 17.2 Å². The molecule has 2 amide bonds. The van der Waals surface area contributed by atoms with E-state index in [2.05, 4.69) is 4.98 Å². The third-order valence-electron chi connectivity index (χ3n) is 3.61. The first kappa shape index (κ1) is 15.7. The molecule has 0 aliphatic carbocycles. The van der Waals surface area contributed by atoms with Crippen LogP contribution >= 0.6 is 22.7 Å². The number of fused-ring (bicyclic) bond motifs is 1. The molecule has 1 aliphatic heterocycles. The van der Waals surface area contributed by atoms with Crippen molar-refractivity contribution in [3.05, 3.63) is 62.8 Å². The van der Waals surface area contributed by atoms with Crippen molar-refractivity contribution in [1.82, 2.24) is 10.0 Å². The van der Waals surface area contributed by atoms with Crippen molar-refractivity contribution in [2.45, 2.75) is 6.92 Å². The molecule has 8 heteroatoms. The van der Waals surface area contributed by atoms with Gasteiger partial charge in [-0.15, -0.1) is 22.7 Å². The number of aromatic nitrogens is 1. The Hall–Kier alpha value is -2.84. The van der Waals surface area contributed by atoms with Gasteiger partial charge in [-0.3, -0.25) is 9.59 Å². The first-order valence-corrected chi connectivity index (χ1v) is 8.96. The van der Waals surface area contributed by atoms with Crippen molar-refractivity contribution in [2.24, 2.45) is 0 Å². The summed E-state index contributed by atoms with van der Waals surface area (Å²) < 4.78 is 0. The van der Waals surface area contributed by atoms with Crippen LogP contribution in [0.25, 0.3) is 10.6 Å². The molecular formula is C17H10N2O4S2. The number of benzene rings is 1. The number of imide groups is 1. The zero-order valence-corrected chi connectivity index (χ0v) is 14.5. The van der Waals surface area contributed by atoms with Gasteiger partial charge in [-0.25, -0.2) is 9.78 Å². The van der Waals surface area contributed by atoms with Crippen LogP contribution in [0.15, 0.2) is 41.8 Å². The van der Waals surface area contributed by atoms with E-state index in [9.17, 15) is 14.4 Å². The summed E-state index contributed by atoms with van der Waals surface area (Å²) in [6.07, 6.45) is 0. The first-order valence-electron chi connectivity index (χ1n) is 7.27.